The molecule has 0 saturated carbocycles. The summed E-state index contributed by atoms with van der Waals surface area (Å²) >= 11 is 0. The second kappa shape index (κ2) is 15.0. The van der Waals surface area contributed by atoms with Crippen molar-refractivity contribution in [2.45, 2.75) is 19.2 Å². The molecule has 0 fully saturated rings. The maximum Gasteiger partial charge on any atom is 0.193 e. The fraction of sp³-hybridized carbons (Fsp3) is 0.0811. The SMILES string of the molecule is Cc1ccc(N(c2ccc(/C=C/c3ccc(C[PH](=O)O)cc3)cc2)c2ccc(/C=C/c3ccc(C[PH](=O)O)cc3)cc2)cc1. The highest BCUT2D eigenvalue weighted by Crippen LogP contribution is 2.35. The van der Waals surface area contributed by atoms with E-state index in [0.717, 1.165) is 50.4 Å². The Hall–Kier alpha value is -4.24. The third-order valence-corrected chi connectivity index (χ3v) is 8.62. The molecule has 5 nitrogen and oxygen atoms in total. The molecule has 0 radical (unpaired) electrons. The van der Waals surface area contributed by atoms with Crippen molar-refractivity contribution in [3.8, 4) is 0 Å². The molecule has 5 aromatic rings. The Labute approximate surface area is 260 Å². The van der Waals surface area contributed by atoms with Gasteiger partial charge in [-0.15, -0.1) is 0 Å². The Bertz CT molecular complexity index is 1670. The van der Waals surface area contributed by atoms with Gasteiger partial charge in [0.15, 0.2) is 16.1 Å². The molecule has 222 valence electrons. The maximum absolute atomic E-state index is 11.1. The molecule has 0 spiro atoms. The van der Waals surface area contributed by atoms with Crippen molar-refractivity contribution in [3.63, 3.8) is 0 Å². The number of hydrogen-bond donors (Lipinski definition) is 2. The van der Waals surface area contributed by atoms with E-state index in [-0.39, 0.29) is 12.3 Å². The molecule has 2 N–H and O–H groups in total. The Morgan fingerprint density at radius 1 is 0.477 bits per heavy atom. The number of hydrogen-bond acceptors (Lipinski definition) is 3. The number of rotatable bonds is 11. The van der Waals surface area contributed by atoms with Crippen LogP contribution in [0.1, 0.15) is 38.9 Å². The van der Waals surface area contributed by atoms with Gasteiger partial charge in [-0.3, -0.25) is 9.13 Å². The summed E-state index contributed by atoms with van der Waals surface area (Å²) < 4.78 is 22.2. The topological polar surface area (TPSA) is 77.8 Å². The van der Waals surface area contributed by atoms with Gasteiger partial charge in [-0.2, -0.15) is 0 Å². The lowest BCUT2D eigenvalue weighted by atomic mass is 10.1. The van der Waals surface area contributed by atoms with Crippen LogP contribution in [0.4, 0.5) is 17.1 Å². The zero-order valence-corrected chi connectivity index (χ0v) is 26.4. The smallest absolute Gasteiger partial charge is 0.193 e. The molecule has 0 aliphatic heterocycles. The van der Waals surface area contributed by atoms with Crippen LogP contribution in [0.3, 0.4) is 0 Å². The van der Waals surface area contributed by atoms with Crippen LogP contribution in [-0.4, -0.2) is 9.79 Å². The number of nitrogens with zero attached hydrogens (tertiary/aromatic N) is 1. The molecule has 5 aromatic carbocycles. The van der Waals surface area contributed by atoms with Gasteiger partial charge in [-0.1, -0.05) is 115 Å². The van der Waals surface area contributed by atoms with Gasteiger partial charge in [-0.25, -0.2) is 0 Å². The maximum atomic E-state index is 11.1. The van der Waals surface area contributed by atoms with Crippen LogP contribution in [0.25, 0.3) is 24.3 Å². The fourth-order valence-corrected chi connectivity index (χ4v) is 6.01. The molecule has 0 amide bonds. The zero-order valence-electron chi connectivity index (χ0n) is 24.4. The van der Waals surface area contributed by atoms with Crippen molar-refractivity contribution in [2.75, 3.05) is 4.90 Å². The lowest BCUT2D eigenvalue weighted by Gasteiger charge is -2.26. The molecule has 7 heteroatoms. The summed E-state index contributed by atoms with van der Waals surface area (Å²) in [6.45, 7) is 2.08. The number of benzene rings is 5. The normalized spacial score (nSPS) is 12.9. The summed E-state index contributed by atoms with van der Waals surface area (Å²) in [6, 6.07) is 40.8. The quantitative estimate of drug-likeness (QED) is 0.114. The molecule has 2 unspecified atom stereocenters. The van der Waals surface area contributed by atoms with Crippen molar-refractivity contribution in [1.29, 1.82) is 0 Å². The van der Waals surface area contributed by atoms with Gasteiger partial charge in [0.2, 0.25) is 0 Å². The summed E-state index contributed by atoms with van der Waals surface area (Å²) in [5, 5.41) is 0. The monoisotopic (exact) mass is 619 g/mol. The summed E-state index contributed by atoms with van der Waals surface area (Å²) in [7, 11) is -5.03. The second-order valence-electron chi connectivity index (χ2n) is 10.6. The van der Waals surface area contributed by atoms with E-state index < -0.39 is 16.1 Å². The highest BCUT2D eigenvalue weighted by atomic mass is 31.1. The van der Waals surface area contributed by atoms with Gasteiger partial charge < -0.3 is 14.7 Å². The third-order valence-electron chi connectivity index (χ3n) is 7.20. The Morgan fingerprint density at radius 2 is 0.750 bits per heavy atom. The largest absolute Gasteiger partial charge is 0.346 e. The average molecular weight is 620 g/mol. The third kappa shape index (κ3) is 8.89. The van der Waals surface area contributed by atoms with Crippen molar-refractivity contribution < 1.29 is 18.9 Å². The molecule has 0 heterocycles. The van der Waals surface area contributed by atoms with Crippen LogP contribution in [0.15, 0.2) is 121 Å². The van der Waals surface area contributed by atoms with Crippen molar-refractivity contribution in [1.82, 2.24) is 0 Å². The van der Waals surface area contributed by atoms with E-state index in [1.165, 1.54) is 5.56 Å². The van der Waals surface area contributed by atoms with Crippen LogP contribution in [0.5, 0.6) is 0 Å². The van der Waals surface area contributed by atoms with Gasteiger partial charge in [-0.05, 0) is 76.7 Å². The van der Waals surface area contributed by atoms with Crippen LogP contribution in [0.2, 0.25) is 0 Å². The molecule has 0 bridgehead atoms. The van der Waals surface area contributed by atoms with Crippen molar-refractivity contribution >= 4 is 57.4 Å². The first-order valence-corrected chi connectivity index (χ1v) is 17.5. The van der Waals surface area contributed by atoms with Gasteiger partial charge in [0.25, 0.3) is 0 Å². The highest BCUT2D eigenvalue weighted by molar-refractivity contribution is 7.37. The molecule has 0 aromatic heterocycles. The highest BCUT2D eigenvalue weighted by Gasteiger charge is 2.12. The standard InChI is InChI=1S/C37H35NO4P2/c1-28-2-20-35(21-3-28)38(36-22-16-31(17-23-36)6-4-29-8-12-33(13-9-29)26-43(39)40)37-24-18-32(19-25-37)7-5-30-10-14-34(15-11-30)27-44(41)42/h2-25,43-44H,26-27H2,1H3,(H,39,40)(H,41,42)/b6-4+,7-5+. The summed E-state index contributed by atoms with van der Waals surface area (Å²) in [5.41, 5.74) is 10.3. The molecule has 0 saturated heterocycles. The minimum atomic E-state index is -2.51. The lowest BCUT2D eigenvalue weighted by Crippen LogP contribution is -2.09. The van der Waals surface area contributed by atoms with Crippen molar-refractivity contribution in [3.05, 3.63) is 160 Å². The molecular formula is C37H35NO4P2. The minimum absolute atomic E-state index is 0.209. The first kappa shape index (κ1) is 31.2. The van der Waals surface area contributed by atoms with Crippen LogP contribution >= 0.6 is 16.1 Å². The van der Waals surface area contributed by atoms with Crippen LogP contribution < -0.4 is 4.90 Å². The van der Waals surface area contributed by atoms with E-state index in [4.69, 9.17) is 9.79 Å². The molecule has 2 atom stereocenters. The van der Waals surface area contributed by atoms with Crippen molar-refractivity contribution in [2.24, 2.45) is 0 Å². The van der Waals surface area contributed by atoms with Gasteiger partial charge in [0.1, 0.15) is 0 Å². The summed E-state index contributed by atoms with van der Waals surface area (Å²) in [5.74, 6) is 0. The molecular weight excluding hydrogens is 584 g/mol. The van der Waals surface area contributed by atoms with E-state index in [2.05, 4.69) is 96.8 Å². The zero-order chi connectivity index (χ0) is 30.9. The van der Waals surface area contributed by atoms with E-state index in [1.54, 1.807) is 0 Å². The second-order valence-corrected chi connectivity index (χ2v) is 12.9. The van der Waals surface area contributed by atoms with Gasteiger partial charge in [0.05, 0.1) is 0 Å². The fourth-order valence-electron chi connectivity index (χ4n) is 4.84. The molecule has 5 rings (SSSR count). The Kier molecular flexibility index (Phi) is 10.6. The van der Waals surface area contributed by atoms with Gasteiger partial charge in [0, 0.05) is 29.4 Å². The van der Waals surface area contributed by atoms with Crippen LogP contribution in [-0.2, 0) is 21.5 Å². The first-order chi connectivity index (χ1) is 21.3. The first-order valence-electron chi connectivity index (χ1n) is 14.4. The Morgan fingerprint density at radius 3 is 1.05 bits per heavy atom. The Balaban J connectivity index is 1.33. The minimum Gasteiger partial charge on any atom is -0.346 e. The molecule has 0 aliphatic rings. The number of aryl methyl sites for hydroxylation is 1. The van der Waals surface area contributed by atoms with E-state index in [9.17, 15) is 9.13 Å². The van der Waals surface area contributed by atoms with Gasteiger partial charge >= 0.3 is 0 Å². The molecule has 44 heavy (non-hydrogen) atoms. The predicted octanol–water partition coefficient (Wildman–Crippen LogP) is 9.74. The predicted molar refractivity (Wildman–Crippen MR) is 186 cm³/mol. The van der Waals surface area contributed by atoms with Crippen LogP contribution in [0, 0.1) is 6.92 Å². The average Bonchev–Trinajstić information content (AvgIpc) is 3.02. The van der Waals surface area contributed by atoms with E-state index in [0.29, 0.717) is 0 Å². The lowest BCUT2D eigenvalue weighted by molar-refractivity contribution is 0.500. The van der Waals surface area contributed by atoms with E-state index in [1.807, 2.05) is 60.7 Å². The summed E-state index contributed by atoms with van der Waals surface area (Å²) in [4.78, 5) is 20.6. The van der Waals surface area contributed by atoms with E-state index >= 15 is 0 Å². The molecule has 0 aliphatic carbocycles. The summed E-state index contributed by atoms with van der Waals surface area (Å²) in [6.07, 6.45) is 8.62. The number of anilines is 3.